The monoisotopic (exact) mass is 481 g/mol. The average molecular weight is 482 g/mol. The molecule has 0 saturated heterocycles. The van der Waals surface area contributed by atoms with E-state index >= 15 is 0 Å². The van der Waals surface area contributed by atoms with Gasteiger partial charge in [0, 0.05) is 19.2 Å². The number of halogens is 2. The summed E-state index contributed by atoms with van der Waals surface area (Å²) in [7, 11) is 3.57. The molecule has 0 saturated carbocycles. The number of hydrogen-bond acceptors (Lipinski definition) is 5. The average Bonchev–Trinajstić information content (AvgIpc) is 2.84. The molecule has 1 heterocycles. The normalized spacial score (nSPS) is 12.7. The fourth-order valence-corrected chi connectivity index (χ4v) is 3.58. The van der Waals surface area contributed by atoms with E-state index in [0.717, 1.165) is 23.3 Å². The number of nitrogens with one attached hydrogen (secondary N) is 2. The standard InChI is InChI=1S/C26H29F2N5O2/c1-33(2)23(14-17-6-4-3-5-7-17)26(35)32-22(13-18-8-10-20(27)21(28)12-18)25(34)31-16-19-9-11-24(29)30-15-19/h3-12,15,22-23H,13-14,16H2,1-2H3,(H2,29,30)(H,31,34)(H,32,35)/t22-,23?/m0/s1. The fourth-order valence-electron chi connectivity index (χ4n) is 3.58. The van der Waals surface area contributed by atoms with Gasteiger partial charge in [0.25, 0.3) is 0 Å². The van der Waals surface area contributed by atoms with Crippen molar-refractivity contribution >= 4 is 17.6 Å². The molecule has 4 N–H and O–H groups in total. The zero-order valence-corrected chi connectivity index (χ0v) is 19.7. The zero-order valence-electron chi connectivity index (χ0n) is 19.7. The number of aromatic nitrogens is 1. The molecule has 9 heteroatoms. The Bertz CT molecular complexity index is 1140. The minimum Gasteiger partial charge on any atom is -0.384 e. The highest BCUT2D eigenvalue weighted by atomic mass is 19.2. The molecule has 1 unspecified atom stereocenters. The number of likely N-dealkylation sites (N-methyl/N-ethyl adjacent to an activating group) is 1. The van der Waals surface area contributed by atoms with E-state index in [1.54, 1.807) is 37.3 Å². The Balaban J connectivity index is 1.77. The van der Waals surface area contributed by atoms with Crippen LogP contribution in [-0.2, 0) is 29.0 Å². The van der Waals surface area contributed by atoms with Crippen LogP contribution < -0.4 is 16.4 Å². The van der Waals surface area contributed by atoms with Gasteiger partial charge in [0.1, 0.15) is 11.9 Å². The van der Waals surface area contributed by atoms with Crippen molar-refractivity contribution in [2.75, 3.05) is 19.8 Å². The molecule has 0 aliphatic carbocycles. The molecule has 0 bridgehead atoms. The molecule has 3 rings (SSSR count). The maximum Gasteiger partial charge on any atom is 0.243 e. The number of amides is 2. The first-order valence-corrected chi connectivity index (χ1v) is 11.2. The van der Waals surface area contributed by atoms with Crippen molar-refractivity contribution in [1.82, 2.24) is 20.5 Å². The Hall–Kier alpha value is -3.85. The third-order valence-electron chi connectivity index (χ3n) is 5.57. The van der Waals surface area contributed by atoms with Crippen molar-refractivity contribution < 1.29 is 18.4 Å². The van der Waals surface area contributed by atoms with Gasteiger partial charge in [-0.05, 0) is 55.4 Å². The molecule has 1 aromatic heterocycles. The minimum absolute atomic E-state index is 0.0136. The van der Waals surface area contributed by atoms with Crippen molar-refractivity contribution in [2.45, 2.75) is 31.5 Å². The Morgan fingerprint density at radius 1 is 0.914 bits per heavy atom. The first kappa shape index (κ1) is 25.8. The van der Waals surface area contributed by atoms with Gasteiger partial charge in [0.05, 0.1) is 6.04 Å². The topological polar surface area (TPSA) is 100 Å². The van der Waals surface area contributed by atoms with Gasteiger partial charge < -0.3 is 16.4 Å². The molecule has 0 spiro atoms. The number of nitrogens with two attached hydrogens (primary N) is 1. The van der Waals surface area contributed by atoms with Crippen LogP contribution >= 0.6 is 0 Å². The molecule has 2 aromatic carbocycles. The third-order valence-corrected chi connectivity index (χ3v) is 5.57. The summed E-state index contributed by atoms with van der Waals surface area (Å²) < 4.78 is 27.2. The number of rotatable bonds is 10. The summed E-state index contributed by atoms with van der Waals surface area (Å²) in [6.45, 7) is 0.164. The maximum absolute atomic E-state index is 13.8. The number of hydrogen-bond donors (Lipinski definition) is 3. The number of benzene rings is 2. The first-order valence-electron chi connectivity index (χ1n) is 11.2. The second kappa shape index (κ2) is 12.0. The van der Waals surface area contributed by atoms with E-state index in [0.29, 0.717) is 17.8 Å². The Morgan fingerprint density at radius 3 is 2.26 bits per heavy atom. The molecule has 0 fully saturated rings. The van der Waals surface area contributed by atoms with E-state index in [1.165, 1.54) is 6.07 Å². The SMILES string of the molecule is CN(C)C(Cc1ccccc1)C(=O)N[C@@H](Cc1ccc(F)c(F)c1)C(=O)NCc1ccc(N)nc1. The van der Waals surface area contributed by atoms with Crippen LogP contribution in [0, 0.1) is 11.6 Å². The van der Waals surface area contributed by atoms with Crippen molar-refractivity contribution in [3.63, 3.8) is 0 Å². The number of nitrogen functional groups attached to an aromatic ring is 1. The number of pyridine rings is 1. The van der Waals surface area contributed by atoms with Crippen LogP contribution in [0.2, 0.25) is 0 Å². The van der Waals surface area contributed by atoms with Crippen LogP contribution in [0.4, 0.5) is 14.6 Å². The van der Waals surface area contributed by atoms with Crippen molar-refractivity contribution in [1.29, 1.82) is 0 Å². The highest BCUT2D eigenvalue weighted by molar-refractivity contribution is 5.90. The van der Waals surface area contributed by atoms with Crippen LogP contribution in [0.3, 0.4) is 0 Å². The third kappa shape index (κ3) is 7.58. The quantitative estimate of drug-likeness (QED) is 0.413. The Kier molecular flexibility index (Phi) is 8.86. The van der Waals surface area contributed by atoms with Gasteiger partial charge in [0.2, 0.25) is 11.8 Å². The highest BCUT2D eigenvalue weighted by Gasteiger charge is 2.27. The van der Waals surface area contributed by atoms with Crippen LogP contribution in [0.25, 0.3) is 0 Å². The second-order valence-electron chi connectivity index (χ2n) is 8.49. The lowest BCUT2D eigenvalue weighted by Gasteiger charge is -2.26. The van der Waals surface area contributed by atoms with E-state index in [-0.39, 0.29) is 18.9 Å². The largest absolute Gasteiger partial charge is 0.384 e. The summed E-state index contributed by atoms with van der Waals surface area (Å²) in [6.07, 6.45) is 1.97. The van der Waals surface area contributed by atoms with Gasteiger partial charge in [0.15, 0.2) is 11.6 Å². The molecule has 0 aliphatic heterocycles. The van der Waals surface area contributed by atoms with Crippen LogP contribution in [-0.4, -0.2) is 47.9 Å². The van der Waals surface area contributed by atoms with Gasteiger partial charge in [-0.25, -0.2) is 13.8 Å². The molecular formula is C26H29F2N5O2. The van der Waals surface area contributed by atoms with Crippen LogP contribution in [0.5, 0.6) is 0 Å². The minimum atomic E-state index is -1.02. The van der Waals surface area contributed by atoms with Crippen molar-refractivity contribution in [2.24, 2.45) is 0 Å². The lowest BCUT2D eigenvalue weighted by molar-refractivity contribution is -0.131. The van der Waals surface area contributed by atoms with E-state index in [9.17, 15) is 18.4 Å². The van der Waals surface area contributed by atoms with Gasteiger partial charge in [-0.3, -0.25) is 14.5 Å². The number of anilines is 1. The van der Waals surface area contributed by atoms with E-state index < -0.39 is 29.6 Å². The second-order valence-corrected chi connectivity index (χ2v) is 8.49. The van der Waals surface area contributed by atoms with Crippen molar-refractivity contribution in [3.05, 3.63) is 95.2 Å². The van der Waals surface area contributed by atoms with Crippen LogP contribution in [0.15, 0.2) is 66.9 Å². The summed E-state index contributed by atoms with van der Waals surface area (Å²) in [5.41, 5.74) is 7.67. The van der Waals surface area contributed by atoms with Gasteiger partial charge in [-0.2, -0.15) is 0 Å². The maximum atomic E-state index is 13.8. The van der Waals surface area contributed by atoms with Gasteiger partial charge >= 0.3 is 0 Å². The summed E-state index contributed by atoms with van der Waals surface area (Å²) >= 11 is 0. The molecule has 7 nitrogen and oxygen atoms in total. The van der Waals surface area contributed by atoms with Gasteiger partial charge in [-0.15, -0.1) is 0 Å². The molecule has 2 atom stereocenters. The van der Waals surface area contributed by atoms with E-state index in [4.69, 9.17) is 5.73 Å². The highest BCUT2D eigenvalue weighted by Crippen LogP contribution is 2.13. The van der Waals surface area contributed by atoms with E-state index in [1.807, 2.05) is 30.3 Å². The first-order chi connectivity index (χ1) is 16.7. The molecule has 2 amide bonds. The summed E-state index contributed by atoms with van der Waals surface area (Å²) in [6, 6.07) is 14.8. The smallest absolute Gasteiger partial charge is 0.243 e. The fraction of sp³-hybridized carbons (Fsp3) is 0.269. The number of carbonyl (C=O) groups excluding carboxylic acids is 2. The molecule has 3 aromatic rings. The molecule has 184 valence electrons. The summed E-state index contributed by atoms with van der Waals surface area (Å²) in [4.78, 5) is 32.1. The Morgan fingerprint density at radius 2 is 1.63 bits per heavy atom. The predicted molar refractivity (Wildman–Crippen MR) is 130 cm³/mol. The summed E-state index contributed by atoms with van der Waals surface area (Å²) in [5, 5.41) is 5.57. The number of nitrogens with zero attached hydrogens (tertiary/aromatic N) is 2. The predicted octanol–water partition coefficient (Wildman–Crippen LogP) is 2.46. The molecule has 0 radical (unpaired) electrons. The lowest BCUT2D eigenvalue weighted by atomic mass is 10.0. The number of carbonyl (C=O) groups is 2. The van der Waals surface area contributed by atoms with Gasteiger partial charge in [-0.1, -0.05) is 42.5 Å². The van der Waals surface area contributed by atoms with E-state index in [2.05, 4.69) is 15.6 Å². The molecule has 35 heavy (non-hydrogen) atoms. The molecular weight excluding hydrogens is 452 g/mol. The lowest BCUT2D eigenvalue weighted by Crippen LogP contribution is -2.53. The zero-order chi connectivity index (χ0) is 25.4. The van der Waals surface area contributed by atoms with Crippen LogP contribution in [0.1, 0.15) is 16.7 Å². The molecule has 0 aliphatic rings. The van der Waals surface area contributed by atoms with Crippen molar-refractivity contribution in [3.8, 4) is 0 Å². The summed E-state index contributed by atoms with van der Waals surface area (Å²) in [5.74, 6) is -2.45. The Labute approximate surface area is 203 Å².